The van der Waals surface area contributed by atoms with Gasteiger partial charge in [0, 0.05) is 6.42 Å². The molecule has 0 N–H and O–H groups in total. The van der Waals surface area contributed by atoms with Crippen LogP contribution in [0.2, 0.25) is 0 Å². The Bertz CT molecular complexity index is 423. The molecule has 0 heterocycles. The zero-order valence-electron chi connectivity index (χ0n) is 11.6. The first-order valence-corrected chi connectivity index (χ1v) is 6.37. The van der Waals surface area contributed by atoms with Crippen LogP contribution >= 0.6 is 0 Å². The van der Waals surface area contributed by atoms with Gasteiger partial charge in [0.05, 0.1) is 13.2 Å². The van der Waals surface area contributed by atoms with Gasteiger partial charge in [0.1, 0.15) is 0 Å². The molecule has 4 nitrogen and oxygen atoms in total. The molecule has 0 aliphatic heterocycles. The molecular formula is C15H20O4. The third-order valence-electron chi connectivity index (χ3n) is 2.76. The maximum atomic E-state index is 11.8. The van der Waals surface area contributed by atoms with Gasteiger partial charge in [-0.1, -0.05) is 30.3 Å². The van der Waals surface area contributed by atoms with E-state index < -0.39 is 17.4 Å². The Hall–Kier alpha value is -1.84. The highest BCUT2D eigenvalue weighted by atomic mass is 16.6. The zero-order chi connectivity index (χ0) is 14.3. The fourth-order valence-corrected chi connectivity index (χ4v) is 1.48. The number of esters is 2. The number of hydrogen-bond donors (Lipinski definition) is 0. The average Bonchev–Trinajstić information content (AvgIpc) is 2.40. The molecule has 0 aliphatic rings. The van der Waals surface area contributed by atoms with E-state index in [0.717, 1.165) is 5.56 Å². The number of benzene rings is 1. The first-order chi connectivity index (χ1) is 8.98. The lowest BCUT2D eigenvalue weighted by atomic mass is 9.94. The molecule has 0 aliphatic carbocycles. The molecule has 0 amide bonds. The van der Waals surface area contributed by atoms with Gasteiger partial charge < -0.3 is 9.47 Å². The third kappa shape index (κ3) is 4.39. The van der Waals surface area contributed by atoms with Crippen LogP contribution in [-0.4, -0.2) is 25.2 Å². The van der Waals surface area contributed by atoms with Gasteiger partial charge in [-0.3, -0.25) is 9.59 Å². The van der Waals surface area contributed by atoms with Gasteiger partial charge >= 0.3 is 11.9 Å². The van der Waals surface area contributed by atoms with Gasteiger partial charge in [-0.2, -0.15) is 0 Å². The van der Waals surface area contributed by atoms with E-state index in [1.807, 2.05) is 30.3 Å². The lowest BCUT2D eigenvalue weighted by Gasteiger charge is -2.20. The second-order valence-corrected chi connectivity index (χ2v) is 4.72. The molecule has 0 saturated carbocycles. The van der Waals surface area contributed by atoms with E-state index in [4.69, 9.17) is 9.47 Å². The van der Waals surface area contributed by atoms with Crippen LogP contribution in [0.4, 0.5) is 0 Å². The standard InChI is InChI=1S/C15H20O4/c1-4-18-13(16)15(2,3)14(17)19-11-10-12-8-6-5-7-9-12/h5-9H,4,10-11H2,1-3H3. The zero-order valence-corrected chi connectivity index (χ0v) is 11.6. The van der Waals surface area contributed by atoms with Crippen molar-refractivity contribution in [1.82, 2.24) is 0 Å². The van der Waals surface area contributed by atoms with Crippen molar-refractivity contribution in [3.05, 3.63) is 35.9 Å². The number of carbonyl (C=O) groups is 2. The number of ether oxygens (including phenoxy) is 2. The Morgan fingerprint density at radius 2 is 1.63 bits per heavy atom. The number of carbonyl (C=O) groups excluding carboxylic acids is 2. The van der Waals surface area contributed by atoms with E-state index in [1.54, 1.807) is 6.92 Å². The molecule has 4 heteroatoms. The predicted octanol–water partition coefficient (Wildman–Crippen LogP) is 2.36. The second-order valence-electron chi connectivity index (χ2n) is 4.72. The average molecular weight is 264 g/mol. The minimum atomic E-state index is -1.26. The molecule has 0 fully saturated rings. The molecule has 0 bridgehead atoms. The third-order valence-corrected chi connectivity index (χ3v) is 2.76. The van der Waals surface area contributed by atoms with Gasteiger partial charge in [-0.05, 0) is 26.3 Å². The van der Waals surface area contributed by atoms with E-state index in [0.29, 0.717) is 6.42 Å². The molecule has 0 radical (unpaired) electrons. The first-order valence-electron chi connectivity index (χ1n) is 6.37. The smallest absolute Gasteiger partial charge is 0.322 e. The number of rotatable bonds is 6. The van der Waals surface area contributed by atoms with Crippen LogP contribution in [0.5, 0.6) is 0 Å². The van der Waals surface area contributed by atoms with E-state index in [1.165, 1.54) is 13.8 Å². The van der Waals surface area contributed by atoms with Crippen molar-refractivity contribution in [3.8, 4) is 0 Å². The van der Waals surface area contributed by atoms with Gasteiger partial charge in [-0.15, -0.1) is 0 Å². The van der Waals surface area contributed by atoms with Crippen molar-refractivity contribution in [2.75, 3.05) is 13.2 Å². The summed E-state index contributed by atoms with van der Waals surface area (Å²) in [6.45, 7) is 5.23. The van der Waals surface area contributed by atoms with Gasteiger partial charge in [0.15, 0.2) is 5.41 Å². The van der Waals surface area contributed by atoms with Crippen molar-refractivity contribution in [1.29, 1.82) is 0 Å². The summed E-state index contributed by atoms with van der Waals surface area (Å²) < 4.78 is 9.99. The minimum absolute atomic E-state index is 0.250. The summed E-state index contributed by atoms with van der Waals surface area (Å²) >= 11 is 0. The maximum absolute atomic E-state index is 11.8. The molecule has 0 unspecified atom stereocenters. The van der Waals surface area contributed by atoms with Gasteiger partial charge in [0.2, 0.25) is 0 Å². The maximum Gasteiger partial charge on any atom is 0.322 e. The van der Waals surface area contributed by atoms with Crippen LogP contribution in [-0.2, 0) is 25.5 Å². The topological polar surface area (TPSA) is 52.6 Å². The minimum Gasteiger partial charge on any atom is -0.465 e. The predicted molar refractivity (Wildman–Crippen MR) is 71.5 cm³/mol. The van der Waals surface area contributed by atoms with Crippen LogP contribution in [0.25, 0.3) is 0 Å². The molecule has 0 atom stereocenters. The molecule has 1 aromatic carbocycles. The summed E-state index contributed by atoms with van der Waals surface area (Å²) in [6.07, 6.45) is 0.630. The molecule has 19 heavy (non-hydrogen) atoms. The van der Waals surface area contributed by atoms with Crippen molar-refractivity contribution >= 4 is 11.9 Å². The highest BCUT2D eigenvalue weighted by molar-refractivity contribution is 5.99. The Labute approximate surface area is 113 Å². The van der Waals surface area contributed by atoms with E-state index in [9.17, 15) is 9.59 Å². The van der Waals surface area contributed by atoms with E-state index in [-0.39, 0.29) is 13.2 Å². The van der Waals surface area contributed by atoms with Gasteiger partial charge in [0.25, 0.3) is 0 Å². The van der Waals surface area contributed by atoms with Crippen molar-refractivity contribution in [2.45, 2.75) is 27.2 Å². The van der Waals surface area contributed by atoms with Crippen molar-refractivity contribution < 1.29 is 19.1 Å². The molecule has 0 aromatic heterocycles. The molecule has 0 saturated heterocycles. The van der Waals surface area contributed by atoms with Crippen LogP contribution in [0, 0.1) is 5.41 Å². The highest BCUT2D eigenvalue weighted by Crippen LogP contribution is 2.19. The van der Waals surface area contributed by atoms with Crippen LogP contribution < -0.4 is 0 Å². The highest BCUT2D eigenvalue weighted by Gasteiger charge is 2.39. The summed E-state index contributed by atoms with van der Waals surface area (Å²) in [5, 5.41) is 0. The summed E-state index contributed by atoms with van der Waals surface area (Å²) in [5.74, 6) is -1.11. The van der Waals surface area contributed by atoms with E-state index >= 15 is 0 Å². The summed E-state index contributed by atoms with van der Waals surface area (Å²) in [5.41, 5.74) is -0.170. The summed E-state index contributed by atoms with van der Waals surface area (Å²) in [6, 6.07) is 9.72. The molecule has 0 spiro atoms. The first kappa shape index (κ1) is 15.2. The number of hydrogen-bond acceptors (Lipinski definition) is 4. The monoisotopic (exact) mass is 264 g/mol. The van der Waals surface area contributed by atoms with Crippen LogP contribution in [0.1, 0.15) is 26.3 Å². The lowest BCUT2D eigenvalue weighted by molar-refractivity contribution is -0.169. The fourth-order valence-electron chi connectivity index (χ4n) is 1.48. The molecule has 1 aromatic rings. The lowest BCUT2D eigenvalue weighted by Crippen LogP contribution is -2.36. The van der Waals surface area contributed by atoms with Crippen molar-refractivity contribution in [2.24, 2.45) is 5.41 Å². The van der Waals surface area contributed by atoms with Crippen molar-refractivity contribution in [3.63, 3.8) is 0 Å². The summed E-state index contributed by atoms with van der Waals surface area (Å²) in [4.78, 5) is 23.5. The van der Waals surface area contributed by atoms with E-state index in [2.05, 4.69) is 0 Å². The molecule has 104 valence electrons. The Balaban J connectivity index is 2.44. The SMILES string of the molecule is CCOC(=O)C(C)(C)C(=O)OCCc1ccccc1. The van der Waals surface area contributed by atoms with Gasteiger partial charge in [-0.25, -0.2) is 0 Å². The Morgan fingerprint density at radius 1 is 1.05 bits per heavy atom. The Kier molecular flexibility index (Phi) is 5.55. The van der Waals surface area contributed by atoms with Crippen LogP contribution in [0.15, 0.2) is 30.3 Å². The quantitative estimate of drug-likeness (QED) is 0.584. The summed E-state index contributed by atoms with van der Waals surface area (Å²) in [7, 11) is 0. The largest absolute Gasteiger partial charge is 0.465 e. The molecular weight excluding hydrogens is 244 g/mol. The second kappa shape index (κ2) is 6.92. The normalized spacial score (nSPS) is 10.9. The Morgan fingerprint density at radius 3 is 2.21 bits per heavy atom. The fraction of sp³-hybridized carbons (Fsp3) is 0.467. The molecule has 1 rings (SSSR count). The van der Waals surface area contributed by atoms with Crippen LogP contribution in [0.3, 0.4) is 0 Å².